The molecule has 9 amide bonds. The standard InChI is InChI=1S/C75H63N15O27S6/c1-85-31-38(25-55(85)70(94)79-41-28-58(88(4)34-41)73(97)82-52-21-18-44-47(64(52)121(109,110)111)10-7-13-61(44)118(100,101)102)76-67(91)37-16-17-50(68(92)77-39-26-56(86(2)32-39)71(95)80-42-29-59(89(5)35-42)74(98)83-53-22-19-45-48(65(53)122(112,113)114)11-8-14-62(45)119(103,104)105)51(24-37)69(93)78-40-27-57(87(3)33-40)72(96)81-43-30-60(90(6)36-43)75(99)84-54-23-20-46-49(66(54)123(115,116)117)12-9-15-63(46)120(106,107)108/h7-36H,1-6H3,(H,76,91)(H,77,92)(H,78,93)(H,79,94)(H,80,95)(H,81,96)(H,82,97)(H,83,98)(H,84,99)(H,100,101,102)(H,103,104,105)(H,106,107,108)(H,109,110,111)(H,112,113,114)(H,115,116,117). The second-order valence-corrected chi connectivity index (χ2v) is 35.7. The van der Waals surface area contributed by atoms with Crippen molar-refractivity contribution in [1.29, 1.82) is 0 Å². The van der Waals surface area contributed by atoms with E-state index in [1.54, 1.807) is 0 Å². The van der Waals surface area contributed by atoms with Gasteiger partial charge in [-0.05, 0) is 91.0 Å². The highest BCUT2D eigenvalue weighted by molar-refractivity contribution is 7.87. The van der Waals surface area contributed by atoms with Crippen LogP contribution in [0.15, 0.2) is 212 Å². The number of amides is 9. The first-order chi connectivity index (χ1) is 57.4. The number of aromatic nitrogens is 6. The third-order valence-electron chi connectivity index (χ3n) is 19.0. The van der Waals surface area contributed by atoms with Gasteiger partial charge in [0.05, 0.1) is 62.3 Å². The first kappa shape index (κ1) is 86.5. The van der Waals surface area contributed by atoms with Crippen molar-refractivity contribution >= 4 is 197 Å². The van der Waals surface area contributed by atoms with Gasteiger partial charge in [-0.2, -0.15) is 50.5 Å². The van der Waals surface area contributed by atoms with Crippen molar-refractivity contribution in [3.8, 4) is 0 Å². The summed E-state index contributed by atoms with van der Waals surface area (Å²) in [6, 6.07) is 26.4. The highest BCUT2D eigenvalue weighted by Crippen LogP contribution is 2.39. The molecule has 636 valence electrons. The van der Waals surface area contributed by atoms with Crippen molar-refractivity contribution in [3.05, 3.63) is 234 Å². The van der Waals surface area contributed by atoms with Gasteiger partial charge < -0.3 is 75.3 Å². The zero-order valence-corrected chi connectivity index (χ0v) is 68.6. The Hall–Kier alpha value is -14.3. The van der Waals surface area contributed by atoms with E-state index in [4.69, 9.17) is 0 Å². The van der Waals surface area contributed by atoms with Crippen molar-refractivity contribution in [2.75, 3.05) is 47.9 Å². The SMILES string of the molecule is Cn1cc(NC(=O)c2ccc(C(=O)Nc3cc(C(=O)Nc4cc(C(=O)Nc5ccc6c(S(=O)(=O)O)cccc6c5S(=O)(=O)O)n(C)c4)n(C)c3)c(C(=O)Nc3cc(C(=O)Nc4cc(C(=O)Nc5ccc6c(S(=O)(=O)O)cccc6c5S(=O)(=O)O)n(C)c4)n(C)c3)c2)cc1C(=O)Nc1cc(C(=O)Nc2ccc3c(S(=O)(=O)O)cccc3c2S(=O)(=O)O)n(C)c1. The average molecular weight is 1800 g/mol. The highest BCUT2D eigenvalue weighted by atomic mass is 32.2. The van der Waals surface area contributed by atoms with Gasteiger partial charge in [0, 0.05) is 117 Å². The molecule has 0 aliphatic carbocycles. The first-order valence-corrected chi connectivity index (χ1v) is 43.5. The summed E-state index contributed by atoms with van der Waals surface area (Å²) in [6.07, 6.45) is 7.82. The molecule has 0 atom stereocenters. The number of anilines is 9. The first-order valence-electron chi connectivity index (χ1n) is 34.9. The third kappa shape index (κ3) is 17.8. The van der Waals surface area contributed by atoms with E-state index in [-0.39, 0.29) is 106 Å². The molecule has 0 aliphatic heterocycles. The lowest BCUT2D eigenvalue weighted by molar-refractivity contribution is 0.0988. The maximum atomic E-state index is 14.8. The summed E-state index contributed by atoms with van der Waals surface area (Å²) in [5.74, 6) is -8.46. The predicted octanol–water partition coefficient (Wildman–Crippen LogP) is 7.93. The zero-order valence-electron chi connectivity index (χ0n) is 63.7. The van der Waals surface area contributed by atoms with Crippen LogP contribution >= 0.6 is 0 Å². The van der Waals surface area contributed by atoms with E-state index in [9.17, 15) is 121 Å². The van der Waals surface area contributed by atoms with Gasteiger partial charge >= 0.3 is 0 Å². The molecular formula is C75H63N15O27S6. The largest absolute Gasteiger partial charge is 0.344 e. The Balaban J connectivity index is 0.733. The molecule has 13 rings (SSSR count). The second-order valence-electron chi connectivity index (χ2n) is 27.4. The van der Waals surface area contributed by atoms with Crippen molar-refractivity contribution in [2.45, 2.75) is 29.4 Å². The molecule has 0 unspecified atom stereocenters. The summed E-state index contributed by atoms with van der Waals surface area (Å²) >= 11 is 0. The minimum Gasteiger partial charge on any atom is -0.344 e. The van der Waals surface area contributed by atoms with Crippen molar-refractivity contribution in [1.82, 2.24) is 27.4 Å². The van der Waals surface area contributed by atoms with E-state index in [0.29, 0.717) is 0 Å². The Bertz CT molecular complexity index is 7590. The van der Waals surface area contributed by atoms with Gasteiger partial charge in [-0.1, -0.05) is 54.6 Å². The molecule has 0 spiro atoms. The fourth-order valence-electron chi connectivity index (χ4n) is 13.7. The smallest absolute Gasteiger partial charge is 0.297 e. The molecule has 15 N–H and O–H groups in total. The van der Waals surface area contributed by atoms with Crippen LogP contribution in [0.5, 0.6) is 0 Å². The van der Waals surface area contributed by atoms with E-state index in [1.165, 1.54) is 143 Å². The number of carbonyl (C=O) groups is 9. The van der Waals surface area contributed by atoms with Gasteiger partial charge in [0.25, 0.3) is 114 Å². The number of carbonyl (C=O) groups excluding carboxylic acids is 9. The van der Waals surface area contributed by atoms with E-state index >= 15 is 0 Å². The summed E-state index contributed by atoms with van der Waals surface area (Å²) in [5, 5.41) is 20.7. The number of aryl methyl sites for hydroxylation is 6. The minimum atomic E-state index is -5.21. The molecule has 7 aromatic carbocycles. The van der Waals surface area contributed by atoms with Crippen molar-refractivity contribution < 1.29 is 121 Å². The quantitative estimate of drug-likeness (QED) is 0.0255. The van der Waals surface area contributed by atoms with Gasteiger partial charge in [0.2, 0.25) is 0 Å². The van der Waals surface area contributed by atoms with Crippen LogP contribution in [0.2, 0.25) is 0 Å². The van der Waals surface area contributed by atoms with Crippen LogP contribution in [0.25, 0.3) is 32.3 Å². The predicted molar refractivity (Wildman–Crippen MR) is 441 cm³/mol. The number of hydrogen-bond acceptors (Lipinski definition) is 21. The van der Waals surface area contributed by atoms with Gasteiger partial charge in [-0.15, -0.1) is 0 Å². The molecule has 0 aliphatic rings. The lowest BCUT2D eigenvalue weighted by Crippen LogP contribution is -2.22. The summed E-state index contributed by atoms with van der Waals surface area (Å²) in [5.41, 5.74) is -3.78. The Morgan fingerprint density at radius 3 is 0.707 bits per heavy atom. The van der Waals surface area contributed by atoms with Crippen LogP contribution in [0.1, 0.15) is 94.0 Å². The van der Waals surface area contributed by atoms with Crippen LogP contribution in [-0.4, -0.2) is 158 Å². The summed E-state index contributed by atoms with van der Waals surface area (Å²) < 4.78 is 217. The lowest BCUT2D eigenvalue weighted by Gasteiger charge is -2.13. The molecule has 0 bridgehead atoms. The molecule has 6 aromatic heterocycles. The number of rotatable bonds is 24. The normalized spacial score (nSPS) is 12.1. The molecule has 0 radical (unpaired) electrons. The number of hydrogen-bond donors (Lipinski definition) is 15. The van der Waals surface area contributed by atoms with Gasteiger partial charge in [0.15, 0.2) is 0 Å². The molecule has 13 aromatic rings. The van der Waals surface area contributed by atoms with Gasteiger partial charge in [-0.25, -0.2) is 0 Å². The number of benzene rings is 7. The summed E-state index contributed by atoms with van der Waals surface area (Å²) in [4.78, 5) is 122. The number of nitrogens with one attached hydrogen (secondary N) is 9. The van der Waals surface area contributed by atoms with E-state index < -0.39 is 171 Å². The third-order valence-corrected chi connectivity index (χ3v) is 24.6. The van der Waals surface area contributed by atoms with E-state index in [2.05, 4.69) is 47.9 Å². The number of fused-ring (bicyclic) bond motifs is 3. The second kappa shape index (κ2) is 32.0. The van der Waals surface area contributed by atoms with Crippen LogP contribution in [0, 0.1) is 0 Å². The molecule has 48 heteroatoms. The fourth-order valence-corrected chi connectivity index (χ4v) is 18.4. The molecule has 6 heterocycles. The van der Waals surface area contributed by atoms with Gasteiger partial charge in [0.1, 0.15) is 63.5 Å². The molecule has 0 fully saturated rings. The van der Waals surface area contributed by atoms with Crippen LogP contribution in [0.3, 0.4) is 0 Å². The van der Waals surface area contributed by atoms with E-state index in [1.807, 2.05) is 0 Å². The van der Waals surface area contributed by atoms with E-state index in [0.717, 1.165) is 109 Å². The van der Waals surface area contributed by atoms with Crippen LogP contribution < -0.4 is 47.9 Å². The lowest BCUT2D eigenvalue weighted by atomic mass is 10.0. The molecule has 123 heavy (non-hydrogen) atoms. The molecular weight excluding hydrogens is 1740 g/mol. The Morgan fingerprint density at radius 2 is 0.463 bits per heavy atom. The summed E-state index contributed by atoms with van der Waals surface area (Å²) in [7, 11) is -21.9. The Kier molecular flexibility index (Phi) is 22.5. The van der Waals surface area contributed by atoms with Crippen molar-refractivity contribution in [3.63, 3.8) is 0 Å². The Morgan fingerprint density at radius 1 is 0.236 bits per heavy atom. The van der Waals surface area contributed by atoms with Crippen LogP contribution in [-0.2, 0) is 103 Å². The Labute approximate surface area is 694 Å². The van der Waals surface area contributed by atoms with Crippen molar-refractivity contribution in [2.24, 2.45) is 42.3 Å². The van der Waals surface area contributed by atoms with Gasteiger partial charge in [-0.3, -0.25) is 70.5 Å². The molecule has 0 saturated heterocycles. The van der Waals surface area contributed by atoms with Crippen LogP contribution in [0.4, 0.5) is 51.2 Å². The zero-order chi connectivity index (χ0) is 89.6. The topological polar surface area (TPSA) is 618 Å². The maximum Gasteiger partial charge on any atom is 0.297 e. The summed E-state index contributed by atoms with van der Waals surface area (Å²) in [6.45, 7) is 0. The molecule has 0 saturated carbocycles. The maximum absolute atomic E-state index is 14.8. The monoisotopic (exact) mass is 1800 g/mol. The molecule has 42 nitrogen and oxygen atoms in total. The highest BCUT2D eigenvalue weighted by Gasteiger charge is 2.32. The average Bonchev–Trinajstić information content (AvgIpc) is 0.986. The minimum absolute atomic E-state index is 0.00550. The fraction of sp³-hybridized carbons (Fsp3) is 0.0800. The number of nitrogens with zero attached hydrogens (tertiary/aromatic N) is 6.